The van der Waals surface area contributed by atoms with Crippen molar-refractivity contribution in [1.29, 1.82) is 0 Å². The van der Waals surface area contributed by atoms with Gasteiger partial charge in [0.1, 0.15) is 0 Å². The Balaban J connectivity index is 2.00. The minimum absolute atomic E-state index is 0.0270. The van der Waals surface area contributed by atoms with E-state index in [2.05, 4.69) is 5.32 Å². The molecule has 0 aliphatic carbocycles. The molecule has 0 atom stereocenters. The first-order chi connectivity index (χ1) is 12.9. The Hall–Kier alpha value is -2.37. The number of nitrogens with zero attached hydrogens (tertiary/aromatic N) is 2. The summed E-state index contributed by atoms with van der Waals surface area (Å²) in [5.41, 5.74) is 2.55. The number of likely N-dealkylation sites (N-methyl/N-ethyl adjacent to an activating group) is 1. The van der Waals surface area contributed by atoms with Crippen LogP contribution < -0.4 is 5.32 Å². The van der Waals surface area contributed by atoms with Gasteiger partial charge in [0.15, 0.2) is 0 Å². The van der Waals surface area contributed by atoms with Crippen LogP contribution in [0.1, 0.15) is 28.4 Å². The molecule has 0 bridgehead atoms. The van der Waals surface area contributed by atoms with Crippen LogP contribution >= 0.6 is 11.6 Å². The second kappa shape index (κ2) is 10.1. The predicted octanol–water partition coefficient (Wildman–Crippen LogP) is 3.18. The van der Waals surface area contributed by atoms with Gasteiger partial charge in [-0.25, -0.2) is 0 Å². The number of nitrogens with one attached hydrogen (secondary N) is 1. The topological polar surface area (TPSA) is 52.7 Å². The number of hydrogen-bond donors (Lipinski definition) is 1. The molecule has 27 heavy (non-hydrogen) atoms. The monoisotopic (exact) mass is 387 g/mol. The molecule has 5 nitrogen and oxygen atoms in total. The van der Waals surface area contributed by atoms with Crippen LogP contribution in [-0.2, 0) is 17.9 Å². The van der Waals surface area contributed by atoms with Gasteiger partial charge in [-0.05, 0) is 50.3 Å². The van der Waals surface area contributed by atoms with Crippen LogP contribution in [0.2, 0.25) is 5.02 Å². The fourth-order valence-corrected chi connectivity index (χ4v) is 2.86. The van der Waals surface area contributed by atoms with Gasteiger partial charge in [0.05, 0.1) is 6.54 Å². The van der Waals surface area contributed by atoms with Gasteiger partial charge >= 0.3 is 0 Å². The van der Waals surface area contributed by atoms with Crippen molar-refractivity contribution in [2.45, 2.75) is 20.0 Å². The highest BCUT2D eigenvalue weighted by atomic mass is 35.5. The Labute approximate surface area is 165 Å². The minimum Gasteiger partial charge on any atom is -0.350 e. The average molecular weight is 388 g/mol. The van der Waals surface area contributed by atoms with Gasteiger partial charge in [-0.15, -0.1) is 0 Å². The number of carbonyl (C=O) groups excluding carboxylic acids is 2. The maximum Gasteiger partial charge on any atom is 0.254 e. The van der Waals surface area contributed by atoms with Gasteiger partial charge in [-0.2, -0.15) is 0 Å². The lowest BCUT2D eigenvalue weighted by Gasteiger charge is -2.22. The molecule has 0 aliphatic rings. The average Bonchev–Trinajstić information content (AvgIpc) is 2.65. The number of carbonyl (C=O) groups is 2. The molecule has 0 saturated heterocycles. The van der Waals surface area contributed by atoms with Crippen molar-refractivity contribution >= 4 is 23.4 Å². The molecular weight excluding hydrogens is 362 g/mol. The second-order valence-corrected chi connectivity index (χ2v) is 7.05. The highest BCUT2D eigenvalue weighted by Gasteiger charge is 2.20. The summed E-state index contributed by atoms with van der Waals surface area (Å²) in [6, 6.07) is 14.8. The van der Waals surface area contributed by atoms with Gasteiger partial charge < -0.3 is 15.1 Å². The quantitative estimate of drug-likeness (QED) is 0.756. The second-order valence-electron chi connectivity index (χ2n) is 6.62. The van der Waals surface area contributed by atoms with Crippen LogP contribution in [0.4, 0.5) is 0 Å². The smallest absolute Gasteiger partial charge is 0.254 e. The summed E-state index contributed by atoms with van der Waals surface area (Å²) >= 11 is 5.86. The van der Waals surface area contributed by atoms with E-state index < -0.39 is 0 Å². The molecule has 144 valence electrons. The lowest BCUT2D eigenvalue weighted by Crippen LogP contribution is -2.40. The van der Waals surface area contributed by atoms with Crippen molar-refractivity contribution in [2.24, 2.45) is 0 Å². The standard InChI is InChI=1S/C21H26ClN3O2/c1-4-25(15-20(26)23-13-16-9-11-18(22)12-10-16)21(27)19-8-6-5-7-17(19)14-24(2)3/h5-12H,4,13-15H2,1-3H3,(H,23,26). The largest absolute Gasteiger partial charge is 0.350 e. The third-order valence-electron chi connectivity index (χ3n) is 4.14. The summed E-state index contributed by atoms with van der Waals surface area (Å²) in [5.74, 6) is -0.318. The maximum absolute atomic E-state index is 12.9. The summed E-state index contributed by atoms with van der Waals surface area (Å²) in [5, 5.41) is 3.51. The zero-order valence-corrected chi connectivity index (χ0v) is 16.8. The van der Waals surface area contributed by atoms with E-state index in [-0.39, 0.29) is 18.4 Å². The summed E-state index contributed by atoms with van der Waals surface area (Å²) in [7, 11) is 3.92. The van der Waals surface area contributed by atoms with Crippen molar-refractivity contribution in [1.82, 2.24) is 15.1 Å². The molecular formula is C21H26ClN3O2. The molecule has 2 aromatic rings. The molecule has 0 radical (unpaired) electrons. The highest BCUT2D eigenvalue weighted by molar-refractivity contribution is 6.30. The molecule has 0 saturated carbocycles. The van der Waals surface area contributed by atoms with Gasteiger partial charge in [0, 0.05) is 30.2 Å². The Bertz CT molecular complexity index is 775. The molecule has 0 unspecified atom stereocenters. The molecule has 2 rings (SSSR count). The first-order valence-corrected chi connectivity index (χ1v) is 9.31. The fraction of sp³-hybridized carbons (Fsp3) is 0.333. The van der Waals surface area contributed by atoms with E-state index in [0.717, 1.165) is 11.1 Å². The van der Waals surface area contributed by atoms with Crippen LogP contribution in [0.3, 0.4) is 0 Å². The number of amides is 2. The first kappa shape index (κ1) is 20.9. The van der Waals surface area contributed by atoms with Gasteiger partial charge in [0.2, 0.25) is 5.91 Å². The van der Waals surface area contributed by atoms with Crippen molar-refractivity contribution in [3.63, 3.8) is 0 Å². The first-order valence-electron chi connectivity index (χ1n) is 8.93. The lowest BCUT2D eigenvalue weighted by molar-refractivity contribution is -0.121. The Morgan fingerprint density at radius 1 is 1.04 bits per heavy atom. The molecule has 1 N–H and O–H groups in total. The number of rotatable bonds is 8. The normalized spacial score (nSPS) is 10.7. The van der Waals surface area contributed by atoms with Crippen LogP contribution in [0, 0.1) is 0 Å². The summed E-state index contributed by atoms with van der Waals surface area (Å²) in [6.07, 6.45) is 0. The molecule has 0 heterocycles. The van der Waals surface area contributed by atoms with Gasteiger partial charge in [-0.1, -0.05) is 41.9 Å². The van der Waals surface area contributed by atoms with E-state index in [1.807, 2.05) is 62.3 Å². The van der Waals surface area contributed by atoms with Crippen molar-refractivity contribution in [3.05, 3.63) is 70.2 Å². The van der Waals surface area contributed by atoms with Crippen molar-refractivity contribution in [3.8, 4) is 0 Å². The number of halogens is 1. The van der Waals surface area contributed by atoms with Crippen LogP contribution in [0.15, 0.2) is 48.5 Å². The molecule has 0 aromatic heterocycles. The molecule has 6 heteroatoms. The highest BCUT2D eigenvalue weighted by Crippen LogP contribution is 2.14. The predicted molar refractivity (Wildman–Crippen MR) is 109 cm³/mol. The van der Waals surface area contributed by atoms with Crippen LogP contribution in [0.25, 0.3) is 0 Å². The van der Waals surface area contributed by atoms with E-state index in [1.165, 1.54) is 0 Å². The zero-order chi connectivity index (χ0) is 19.8. The summed E-state index contributed by atoms with van der Waals surface area (Å²) in [4.78, 5) is 28.8. The Kier molecular flexibility index (Phi) is 7.82. The molecule has 0 fully saturated rings. The van der Waals surface area contributed by atoms with E-state index in [4.69, 9.17) is 11.6 Å². The minimum atomic E-state index is -0.190. The Morgan fingerprint density at radius 3 is 2.33 bits per heavy atom. The van der Waals surface area contributed by atoms with Gasteiger partial charge in [0.25, 0.3) is 5.91 Å². The third-order valence-corrected chi connectivity index (χ3v) is 4.39. The Morgan fingerprint density at radius 2 is 1.70 bits per heavy atom. The summed E-state index contributed by atoms with van der Waals surface area (Å²) < 4.78 is 0. The zero-order valence-electron chi connectivity index (χ0n) is 16.0. The van der Waals surface area contributed by atoms with Crippen molar-refractivity contribution < 1.29 is 9.59 Å². The van der Waals surface area contributed by atoms with Crippen LogP contribution in [-0.4, -0.2) is 48.8 Å². The van der Waals surface area contributed by atoms with E-state index in [0.29, 0.717) is 30.2 Å². The van der Waals surface area contributed by atoms with E-state index >= 15 is 0 Å². The fourth-order valence-electron chi connectivity index (χ4n) is 2.74. The summed E-state index contributed by atoms with van der Waals surface area (Å²) in [6.45, 7) is 3.43. The lowest BCUT2D eigenvalue weighted by atomic mass is 10.1. The molecule has 0 aliphatic heterocycles. The number of benzene rings is 2. The van der Waals surface area contributed by atoms with Crippen LogP contribution in [0.5, 0.6) is 0 Å². The van der Waals surface area contributed by atoms with E-state index in [1.54, 1.807) is 17.0 Å². The SMILES string of the molecule is CCN(CC(=O)NCc1ccc(Cl)cc1)C(=O)c1ccccc1CN(C)C. The number of hydrogen-bond acceptors (Lipinski definition) is 3. The molecule has 2 aromatic carbocycles. The maximum atomic E-state index is 12.9. The van der Waals surface area contributed by atoms with E-state index in [9.17, 15) is 9.59 Å². The van der Waals surface area contributed by atoms with Crippen molar-refractivity contribution in [2.75, 3.05) is 27.2 Å². The molecule has 2 amide bonds. The molecule has 0 spiro atoms. The third kappa shape index (κ3) is 6.38. The van der Waals surface area contributed by atoms with Gasteiger partial charge in [-0.3, -0.25) is 9.59 Å².